The number of imidazole rings is 1. The summed E-state index contributed by atoms with van der Waals surface area (Å²) in [6.07, 6.45) is 0. The number of nitrogens with two attached hydrogens (primary N) is 1. The molecule has 0 spiro atoms. The van der Waals surface area contributed by atoms with Crippen LogP contribution in [0.1, 0.15) is 25.0 Å². The van der Waals surface area contributed by atoms with Gasteiger partial charge in [0.05, 0.1) is 15.7 Å². The SMILES string of the molecule is CC(C)S(=O)(=O)c1cc(/C(=C/I)c2cccc(F)c2)cc2[nH]c(N)nc12. The first-order valence-electron chi connectivity index (χ1n) is 7.84. The highest BCUT2D eigenvalue weighted by molar-refractivity contribution is 14.1. The van der Waals surface area contributed by atoms with Gasteiger partial charge in [0, 0.05) is 0 Å². The third-order valence-corrected chi connectivity index (χ3v) is 6.84. The normalized spacial score (nSPS) is 12.9. The monoisotopic (exact) mass is 485 g/mol. The van der Waals surface area contributed by atoms with Gasteiger partial charge in [-0.25, -0.2) is 17.8 Å². The number of H-pyrrole nitrogens is 1. The van der Waals surface area contributed by atoms with Crippen molar-refractivity contribution >= 4 is 55.0 Å². The van der Waals surface area contributed by atoms with E-state index in [2.05, 4.69) is 32.6 Å². The first-order chi connectivity index (χ1) is 12.2. The van der Waals surface area contributed by atoms with E-state index in [1.807, 2.05) is 0 Å². The summed E-state index contributed by atoms with van der Waals surface area (Å²) >= 11 is 2.06. The first-order valence-corrected chi connectivity index (χ1v) is 10.6. The molecule has 1 heterocycles. The Morgan fingerprint density at radius 2 is 2.00 bits per heavy atom. The molecule has 2 aromatic carbocycles. The molecule has 0 aliphatic rings. The fourth-order valence-electron chi connectivity index (χ4n) is 2.68. The molecule has 1 aromatic heterocycles. The molecule has 0 unspecified atom stereocenters. The number of sulfone groups is 1. The number of rotatable bonds is 4. The van der Waals surface area contributed by atoms with Gasteiger partial charge < -0.3 is 10.7 Å². The van der Waals surface area contributed by atoms with Gasteiger partial charge in [0.15, 0.2) is 15.8 Å². The van der Waals surface area contributed by atoms with Crippen LogP contribution in [-0.4, -0.2) is 23.6 Å². The van der Waals surface area contributed by atoms with Crippen molar-refractivity contribution in [1.82, 2.24) is 9.97 Å². The van der Waals surface area contributed by atoms with E-state index in [1.54, 1.807) is 42.2 Å². The van der Waals surface area contributed by atoms with E-state index in [9.17, 15) is 12.8 Å². The van der Waals surface area contributed by atoms with E-state index in [-0.39, 0.29) is 16.7 Å². The summed E-state index contributed by atoms with van der Waals surface area (Å²) in [5, 5.41) is -0.611. The predicted molar refractivity (Wildman–Crippen MR) is 110 cm³/mol. The molecule has 0 bridgehead atoms. The van der Waals surface area contributed by atoms with Crippen molar-refractivity contribution in [3.05, 3.63) is 57.4 Å². The molecule has 0 saturated carbocycles. The van der Waals surface area contributed by atoms with Crippen molar-refractivity contribution in [2.75, 3.05) is 5.73 Å². The van der Waals surface area contributed by atoms with E-state index < -0.39 is 15.1 Å². The molecule has 26 heavy (non-hydrogen) atoms. The molecule has 0 fully saturated rings. The number of hydrogen-bond donors (Lipinski definition) is 2. The molecule has 5 nitrogen and oxygen atoms in total. The van der Waals surface area contributed by atoms with Crippen LogP contribution in [0.2, 0.25) is 0 Å². The Morgan fingerprint density at radius 3 is 2.62 bits per heavy atom. The number of benzene rings is 2. The number of aromatic amines is 1. The highest BCUT2D eigenvalue weighted by atomic mass is 127. The van der Waals surface area contributed by atoms with Crippen LogP contribution in [-0.2, 0) is 9.84 Å². The predicted octanol–water partition coefficient (Wildman–Crippen LogP) is 4.29. The lowest BCUT2D eigenvalue weighted by Gasteiger charge is -2.13. The third kappa shape index (κ3) is 3.35. The Bertz CT molecular complexity index is 1120. The molecular formula is C18H17FIN3O2S. The Hall–Kier alpha value is -1.94. The molecule has 3 rings (SSSR count). The fraction of sp³-hybridized carbons (Fsp3) is 0.167. The van der Waals surface area contributed by atoms with E-state index in [0.717, 1.165) is 0 Å². The summed E-state index contributed by atoms with van der Waals surface area (Å²) in [5.41, 5.74) is 8.57. The smallest absolute Gasteiger partial charge is 0.198 e. The fourth-order valence-corrected chi connectivity index (χ4v) is 4.62. The summed E-state index contributed by atoms with van der Waals surface area (Å²) in [6.45, 7) is 3.23. The number of nitrogens with one attached hydrogen (secondary N) is 1. The minimum absolute atomic E-state index is 0.111. The lowest BCUT2D eigenvalue weighted by atomic mass is 9.99. The molecule has 0 saturated heterocycles. The van der Waals surface area contributed by atoms with Gasteiger partial charge in [-0.1, -0.05) is 34.7 Å². The molecule has 3 aromatic rings. The van der Waals surface area contributed by atoms with Gasteiger partial charge in [0.25, 0.3) is 0 Å². The minimum atomic E-state index is -3.59. The van der Waals surface area contributed by atoms with Gasteiger partial charge in [0.1, 0.15) is 11.3 Å². The van der Waals surface area contributed by atoms with Gasteiger partial charge in [0.2, 0.25) is 0 Å². The van der Waals surface area contributed by atoms with Crippen molar-refractivity contribution < 1.29 is 12.8 Å². The number of aromatic nitrogens is 2. The molecule has 0 atom stereocenters. The van der Waals surface area contributed by atoms with Crippen molar-refractivity contribution in [2.24, 2.45) is 0 Å². The van der Waals surface area contributed by atoms with Crippen LogP contribution in [0.5, 0.6) is 0 Å². The van der Waals surface area contributed by atoms with Crippen LogP contribution in [0, 0.1) is 5.82 Å². The van der Waals surface area contributed by atoms with Crippen molar-refractivity contribution in [1.29, 1.82) is 0 Å². The zero-order valence-corrected chi connectivity index (χ0v) is 17.1. The molecule has 0 aliphatic carbocycles. The quantitative estimate of drug-likeness (QED) is 0.540. The summed E-state index contributed by atoms with van der Waals surface area (Å²) in [5.74, 6) is -0.219. The summed E-state index contributed by atoms with van der Waals surface area (Å²) in [6, 6.07) is 9.51. The van der Waals surface area contributed by atoms with E-state index in [0.29, 0.717) is 27.7 Å². The van der Waals surface area contributed by atoms with E-state index in [1.165, 1.54) is 12.1 Å². The van der Waals surface area contributed by atoms with Crippen LogP contribution in [0.3, 0.4) is 0 Å². The molecule has 8 heteroatoms. The van der Waals surface area contributed by atoms with Gasteiger partial charge in [-0.2, -0.15) is 0 Å². The maximum Gasteiger partial charge on any atom is 0.198 e. The third-order valence-electron chi connectivity index (χ3n) is 4.05. The number of fused-ring (bicyclic) bond motifs is 1. The molecule has 0 radical (unpaired) electrons. The van der Waals surface area contributed by atoms with Crippen LogP contribution < -0.4 is 5.73 Å². The summed E-state index contributed by atoms with van der Waals surface area (Å²) in [7, 11) is -3.59. The van der Waals surface area contributed by atoms with E-state index >= 15 is 0 Å². The lowest BCUT2D eigenvalue weighted by molar-refractivity contribution is 0.588. The maximum atomic E-state index is 13.7. The van der Waals surface area contributed by atoms with Gasteiger partial charge in [-0.15, -0.1) is 0 Å². The molecule has 3 N–H and O–H groups in total. The highest BCUT2D eigenvalue weighted by Gasteiger charge is 2.25. The second-order valence-corrected chi connectivity index (χ2v) is 9.21. The molecule has 0 aliphatic heterocycles. The average molecular weight is 485 g/mol. The Balaban J connectivity index is 2.31. The number of anilines is 1. The standard InChI is InChI=1S/C18H17FIN3O2S/c1-10(2)26(24,25)16-8-12(7-15-17(16)23-18(21)22-15)14(9-20)11-4-3-5-13(19)6-11/h3-10H,1-2H3,(H3,21,22,23)/b14-9+. The zero-order chi connectivity index (χ0) is 19.1. The van der Waals surface area contributed by atoms with Crippen molar-refractivity contribution in [2.45, 2.75) is 24.0 Å². The number of nitrogen functional groups attached to an aromatic ring is 1. The lowest BCUT2D eigenvalue weighted by Crippen LogP contribution is -2.15. The largest absolute Gasteiger partial charge is 0.369 e. The second-order valence-electron chi connectivity index (χ2n) is 6.12. The Kier molecular flexibility index (Phi) is 5.07. The van der Waals surface area contributed by atoms with E-state index in [4.69, 9.17) is 5.73 Å². The van der Waals surface area contributed by atoms with Crippen LogP contribution in [0.15, 0.2) is 45.4 Å². The zero-order valence-electron chi connectivity index (χ0n) is 14.1. The van der Waals surface area contributed by atoms with Gasteiger partial charge in [-0.3, -0.25) is 0 Å². The summed E-state index contributed by atoms with van der Waals surface area (Å²) < 4.78 is 41.1. The highest BCUT2D eigenvalue weighted by Crippen LogP contribution is 2.33. The van der Waals surface area contributed by atoms with Gasteiger partial charge >= 0.3 is 0 Å². The second kappa shape index (κ2) is 6.99. The van der Waals surface area contributed by atoms with Crippen molar-refractivity contribution in [3.63, 3.8) is 0 Å². The number of halogens is 2. The first kappa shape index (κ1) is 18.8. The average Bonchev–Trinajstić information content (AvgIpc) is 2.94. The van der Waals surface area contributed by atoms with Crippen LogP contribution in [0.4, 0.5) is 10.3 Å². The van der Waals surface area contributed by atoms with Crippen LogP contribution in [0.25, 0.3) is 16.6 Å². The molecular weight excluding hydrogens is 468 g/mol. The van der Waals surface area contributed by atoms with Gasteiger partial charge in [-0.05, 0) is 58.9 Å². The Labute approximate surface area is 164 Å². The number of nitrogens with zero attached hydrogens (tertiary/aromatic N) is 1. The number of hydrogen-bond acceptors (Lipinski definition) is 4. The minimum Gasteiger partial charge on any atom is -0.369 e. The van der Waals surface area contributed by atoms with Crippen LogP contribution >= 0.6 is 22.6 Å². The maximum absolute atomic E-state index is 13.7. The van der Waals surface area contributed by atoms with Crippen molar-refractivity contribution in [3.8, 4) is 0 Å². The Morgan fingerprint density at radius 1 is 1.27 bits per heavy atom. The molecule has 136 valence electrons. The topological polar surface area (TPSA) is 88.8 Å². The molecule has 0 amide bonds. The summed E-state index contributed by atoms with van der Waals surface area (Å²) in [4.78, 5) is 7.14.